The fraction of sp³-hybridized carbons (Fsp3) is 0.375. The van der Waals surface area contributed by atoms with E-state index in [1.165, 1.54) is 6.20 Å². The summed E-state index contributed by atoms with van der Waals surface area (Å²) in [6.45, 7) is 4.28. The van der Waals surface area contributed by atoms with Gasteiger partial charge < -0.3 is 25.4 Å². The Labute approximate surface area is 251 Å². The second kappa shape index (κ2) is 17.5. The Morgan fingerprint density at radius 3 is 2.26 bits per heavy atom. The molecule has 0 aliphatic rings. The monoisotopic (exact) mass is 598 g/mol. The number of aryl methyl sites for hydroxylation is 1. The molecule has 2 unspecified atom stereocenters. The summed E-state index contributed by atoms with van der Waals surface area (Å²) >= 11 is 0. The number of ether oxygens (including phenoxy) is 1. The lowest BCUT2D eigenvalue weighted by Crippen LogP contribution is -2.56. The van der Waals surface area contributed by atoms with Crippen LogP contribution in [0.4, 0.5) is 8.78 Å². The maximum absolute atomic E-state index is 14.0. The van der Waals surface area contributed by atoms with E-state index in [9.17, 15) is 28.3 Å². The fourth-order valence-electron chi connectivity index (χ4n) is 4.06. The van der Waals surface area contributed by atoms with Crippen LogP contribution in [0.15, 0.2) is 79.1 Å². The third kappa shape index (κ3) is 12.6. The molecule has 3 amide bonds. The van der Waals surface area contributed by atoms with Gasteiger partial charge in [0, 0.05) is 25.9 Å². The normalized spacial score (nSPS) is 12.2. The predicted molar refractivity (Wildman–Crippen MR) is 159 cm³/mol. The number of para-hydroxylation sites is 1. The van der Waals surface area contributed by atoms with Gasteiger partial charge in [-0.05, 0) is 42.2 Å². The molecule has 2 atom stereocenters. The van der Waals surface area contributed by atoms with Crippen LogP contribution < -0.4 is 15.4 Å². The summed E-state index contributed by atoms with van der Waals surface area (Å²) in [5.74, 6) is -5.30. The van der Waals surface area contributed by atoms with E-state index in [0.29, 0.717) is 28.7 Å². The van der Waals surface area contributed by atoms with Gasteiger partial charge in [0.2, 0.25) is 5.91 Å². The van der Waals surface area contributed by atoms with E-state index in [1.807, 2.05) is 32.9 Å². The van der Waals surface area contributed by atoms with Crippen LogP contribution in [0.25, 0.3) is 0 Å². The van der Waals surface area contributed by atoms with Gasteiger partial charge in [-0.25, -0.2) is 8.78 Å². The third-order valence-electron chi connectivity index (χ3n) is 6.06. The maximum Gasteiger partial charge on any atom is 0.262 e. The number of hydrogen-bond donors (Lipinski definition) is 3. The van der Waals surface area contributed by atoms with Gasteiger partial charge in [0.25, 0.3) is 17.7 Å². The van der Waals surface area contributed by atoms with Crippen LogP contribution in [0, 0.1) is 6.92 Å². The number of nitrogens with zero attached hydrogens (tertiary/aromatic N) is 2. The fourth-order valence-corrected chi connectivity index (χ4v) is 4.06. The zero-order valence-electron chi connectivity index (χ0n) is 24.9. The summed E-state index contributed by atoms with van der Waals surface area (Å²) in [6, 6.07) is 18.1. The van der Waals surface area contributed by atoms with Gasteiger partial charge in [-0.1, -0.05) is 68.4 Å². The van der Waals surface area contributed by atoms with Crippen molar-refractivity contribution in [2.45, 2.75) is 58.7 Å². The number of rotatable bonds is 14. The molecule has 1 aromatic heterocycles. The van der Waals surface area contributed by atoms with Crippen molar-refractivity contribution in [3.8, 4) is 5.75 Å². The van der Waals surface area contributed by atoms with E-state index in [2.05, 4.69) is 15.6 Å². The first-order valence-corrected chi connectivity index (χ1v) is 14.0. The molecule has 11 heteroatoms. The number of halogens is 2. The predicted octanol–water partition coefficient (Wildman–Crippen LogP) is 3.68. The van der Waals surface area contributed by atoms with Crippen LogP contribution in [0.1, 0.15) is 37.5 Å². The lowest BCUT2D eigenvalue weighted by molar-refractivity contribution is -0.149. The molecule has 232 valence electrons. The molecule has 0 aliphatic carbocycles. The van der Waals surface area contributed by atoms with E-state index in [1.54, 1.807) is 60.8 Å². The molecule has 43 heavy (non-hydrogen) atoms. The molecule has 1 heterocycles. The Balaban J connectivity index is 0.00000316. The van der Waals surface area contributed by atoms with Gasteiger partial charge in [0.05, 0.1) is 19.1 Å². The van der Waals surface area contributed by atoms with Gasteiger partial charge in [0.1, 0.15) is 5.75 Å². The van der Waals surface area contributed by atoms with E-state index >= 15 is 0 Å². The first-order chi connectivity index (χ1) is 20.5. The number of amides is 3. The molecule has 0 radical (unpaired) electrons. The average molecular weight is 599 g/mol. The van der Waals surface area contributed by atoms with Gasteiger partial charge in [-0.3, -0.25) is 19.4 Å². The molecule has 3 aromatic rings. The third-order valence-corrected chi connectivity index (χ3v) is 6.06. The molecule has 0 bridgehead atoms. The summed E-state index contributed by atoms with van der Waals surface area (Å²) < 4.78 is 33.7. The number of benzene rings is 2. The summed E-state index contributed by atoms with van der Waals surface area (Å²) in [4.78, 5) is 43.3. The molecule has 0 spiro atoms. The number of pyridine rings is 1. The molecule has 3 rings (SSSR count). The van der Waals surface area contributed by atoms with Crippen molar-refractivity contribution in [1.82, 2.24) is 20.5 Å². The lowest BCUT2D eigenvalue weighted by Gasteiger charge is -2.31. The van der Waals surface area contributed by atoms with Gasteiger partial charge in [0.15, 0.2) is 12.7 Å². The van der Waals surface area contributed by atoms with Crippen molar-refractivity contribution in [2.24, 2.45) is 0 Å². The highest BCUT2D eigenvalue weighted by Crippen LogP contribution is 2.18. The summed E-state index contributed by atoms with van der Waals surface area (Å²) in [6.07, 6.45) is 1.20. The Morgan fingerprint density at radius 1 is 0.977 bits per heavy atom. The van der Waals surface area contributed by atoms with Crippen molar-refractivity contribution in [1.29, 1.82) is 0 Å². The zero-order chi connectivity index (χ0) is 31.8. The topological polar surface area (TPSA) is 121 Å². The van der Waals surface area contributed by atoms with Gasteiger partial charge >= 0.3 is 0 Å². The second-order valence-electron chi connectivity index (χ2n) is 9.77. The summed E-state index contributed by atoms with van der Waals surface area (Å²) in [7, 11) is 0. The molecular weight excluding hydrogens is 558 g/mol. The first kappa shape index (κ1) is 34.8. The van der Waals surface area contributed by atoms with E-state index in [0.717, 1.165) is 5.56 Å². The Kier molecular flexibility index (Phi) is 14.2. The van der Waals surface area contributed by atoms with Crippen LogP contribution in [-0.4, -0.2) is 70.5 Å². The van der Waals surface area contributed by atoms with Crippen LogP contribution in [0.5, 0.6) is 5.75 Å². The number of aliphatic hydroxyl groups excluding tert-OH is 1. The van der Waals surface area contributed by atoms with Crippen molar-refractivity contribution >= 4 is 17.7 Å². The zero-order valence-corrected chi connectivity index (χ0v) is 24.9. The van der Waals surface area contributed by atoms with Crippen molar-refractivity contribution < 1.29 is 33.0 Å². The Bertz CT molecular complexity index is 1290. The largest absolute Gasteiger partial charge is 0.484 e. The first-order valence-electron chi connectivity index (χ1n) is 14.0. The molecule has 3 N–H and O–H groups in total. The molecule has 0 aliphatic heterocycles. The van der Waals surface area contributed by atoms with Crippen molar-refractivity contribution in [3.63, 3.8) is 0 Å². The minimum absolute atomic E-state index is 0.0212. The average Bonchev–Trinajstić information content (AvgIpc) is 2.99. The highest BCUT2D eigenvalue weighted by atomic mass is 19.3. The number of carbonyl (C=O) groups excluding carboxylic acids is 3. The number of hydrogen-bond acceptors (Lipinski definition) is 6. The van der Waals surface area contributed by atoms with Crippen molar-refractivity contribution in [3.05, 3.63) is 95.8 Å². The highest BCUT2D eigenvalue weighted by molar-refractivity contribution is 5.88. The molecular formula is C32H40F2N4O5. The van der Waals surface area contributed by atoms with E-state index in [-0.39, 0.29) is 13.0 Å². The Hall–Kier alpha value is -4.38. The molecule has 0 fully saturated rings. The van der Waals surface area contributed by atoms with E-state index < -0.39 is 55.5 Å². The van der Waals surface area contributed by atoms with Gasteiger partial charge in [-0.2, -0.15) is 0 Å². The number of carbonyl (C=O) groups is 3. The highest BCUT2D eigenvalue weighted by Gasteiger charge is 2.36. The smallest absolute Gasteiger partial charge is 0.262 e. The number of aromatic nitrogens is 1. The van der Waals surface area contributed by atoms with Crippen LogP contribution in [-0.2, 0) is 27.3 Å². The molecule has 2 aromatic carbocycles. The minimum Gasteiger partial charge on any atom is -0.484 e. The molecule has 9 nitrogen and oxygen atoms in total. The second-order valence-corrected chi connectivity index (χ2v) is 9.77. The molecule has 0 saturated carbocycles. The lowest BCUT2D eigenvalue weighted by atomic mass is 10.00. The minimum atomic E-state index is -3.35. The maximum atomic E-state index is 14.0. The van der Waals surface area contributed by atoms with Crippen molar-refractivity contribution in [2.75, 3.05) is 19.7 Å². The van der Waals surface area contributed by atoms with E-state index in [4.69, 9.17) is 4.74 Å². The number of aliphatic hydroxyl groups is 1. The van der Waals surface area contributed by atoms with Crippen LogP contribution >= 0.6 is 0 Å². The number of alkyl halides is 2. The van der Waals surface area contributed by atoms with Crippen LogP contribution in [0.2, 0.25) is 0 Å². The number of nitrogens with one attached hydrogen (secondary N) is 2. The summed E-state index contributed by atoms with van der Waals surface area (Å²) in [5, 5.41) is 16.2. The quantitative estimate of drug-likeness (QED) is 0.260. The van der Waals surface area contributed by atoms with Crippen LogP contribution in [0.3, 0.4) is 0 Å². The SMILES string of the molecule is CC.Cc1ccccc1OCC(=O)NC(Cc1ccccc1)C(O)C(=O)N(CC(=O)NCc1cccnc1)CC(C)(F)F. The Morgan fingerprint density at radius 2 is 1.63 bits per heavy atom. The summed E-state index contributed by atoms with van der Waals surface area (Å²) in [5.41, 5.74) is 2.18. The van der Waals surface area contributed by atoms with Gasteiger partial charge in [-0.15, -0.1) is 0 Å². The standard InChI is InChI=1S/C30H34F2N4O5.C2H6/c1-21-9-6-7-13-25(21)41-19-27(38)35-24(15-22-10-4-3-5-11-22)28(39)29(40)36(20-30(2,31)32)18-26(37)34-17-23-12-8-14-33-16-23;1-2/h3-14,16,24,28,39H,15,17-20H2,1-2H3,(H,34,37)(H,35,38);1-2H3. The molecule has 0 saturated heterocycles.